The molecule has 2 heterocycles. The number of phenols is 1. The highest BCUT2D eigenvalue weighted by Crippen LogP contribution is 2.44. The molecule has 2 N–H and O–H groups in total. The van der Waals surface area contributed by atoms with Crippen molar-refractivity contribution in [3.05, 3.63) is 83.4 Å². The molecule has 2 aromatic carbocycles. The second-order valence-electron chi connectivity index (χ2n) is 7.04. The topological polar surface area (TPSA) is 109 Å². The summed E-state index contributed by atoms with van der Waals surface area (Å²) < 4.78 is 10.7. The second kappa shape index (κ2) is 9.17. The summed E-state index contributed by atoms with van der Waals surface area (Å²) in [6, 6.07) is 10.0. The van der Waals surface area contributed by atoms with Gasteiger partial charge in [-0.1, -0.05) is 18.7 Å². The molecule has 1 unspecified atom stereocenters. The molecule has 1 aliphatic heterocycles. The van der Waals surface area contributed by atoms with Crippen molar-refractivity contribution in [2.45, 2.75) is 6.04 Å². The van der Waals surface area contributed by atoms with Gasteiger partial charge in [0.05, 0.1) is 18.7 Å². The summed E-state index contributed by atoms with van der Waals surface area (Å²) in [5, 5.41) is 23.1. The average Bonchev–Trinajstić information content (AvgIpc) is 3.45. The number of nitrogens with zero attached hydrogens (tertiary/aromatic N) is 2. The van der Waals surface area contributed by atoms with Crippen LogP contribution in [-0.4, -0.2) is 40.6 Å². The summed E-state index contributed by atoms with van der Waals surface area (Å²) in [6.07, 6.45) is 3.13. The zero-order chi connectivity index (χ0) is 23.5. The van der Waals surface area contributed by atoms with E-state index in [4.69, 9.17) is 9.47 Å². The van der Waals surface area contributed by atoms with Crippen molar-refractivity contribution in [3.63, 3.8) is 0 Å². The third kappa shape index (κ3) is 4.06. The van der Waals surface area contributed by atoms with Crippen LogP contribution in [0.4, 0.5) is 5.13 Å². The van der Waals surface area contributed by atoms with Gasteiger partial charge in [-0.2, -0.15) is 0 Å². The number of ketones is 1. The Morgan fingerprint density at radius 3 is 2.64 bits per heavy atom. The number of Topliss-reactive ketones (excluding diaryl/α,β-unsaturated/α-hetero) is 1. The minimum absolute atomic E-state index is 0.0947. The molecule has 0 radical (unpaired) electrons. The van der Waals surface area contributed by atoms with E-state index in [9.17, 15) is 19.8 Å². The Morgan fingerprint density at radius 1 is 1.24 bits per heavy atom. The van der Waals surface area contributed by atoms with E-state index in [1.54, 1.807) is 41.8 Å². The number of phenolic OH excluding ortho intramolecular Hbond substituents is 1. The number of aliphatic hydroxyl groups is 1. The Labute approximate surface area is 193 Å². The number of methoxy groups -OCH3 is 1. The maximum atomic E-state index is 13.1. The predicted octanol–water partition coefficient (Wildman–Crippen LogP) is 4.05. The van der Waals surface area contributed by atoms with Crippen molar-refractivity contribution >= 4 is 33.9 Å². The van der Waals surface area contributed by atoms with E-state index in [2.05, 4.69) is 11.6 Å². The summed E-state index contributed by atoms with van der Waals surface area (Å²) >= 11 is 1.19. The summed E-state index contributed by atoms with van der Waals surface area (Å²) in [7, 11) is 1.40. The maximum Gasteiger partial charge on any atom is 0.301 e. The first kappa shape index (κ1) is 22.1. The minimum Gasteiger partial charge on any atom is -0.507 e. The molecule has 3 aromatic rings. The average molecular weight is 464 g/mol. The lowest BCUT2D eigenvalue weighted by Gasteiger charge is -2.23. The molecule has 1 aliphatic rings. The molecule has 1 fully saturated rings. The highest BCUT2D eigenvalue weighted by Gasteiger charge is 2.48. The molecular weight excluding hydrogens is 444 g/mol. The molecule has 0 aliphatic carbocycles. The largest absolute Gasteiger partial charge is 0.507 e. The van der Waals surface area contributed by atoms with Gasteiger partial charge in [0.15, 0.2) is 16.6 Å². The lowest BCUT2D eigenvalue weighted by Crippen LogP contribution is -2.29. The number of rotatable bonds is 7. The molecule has 1 atom stereocenters. The van der Waals surface area contributed by atoms with Crippen molar-refractivity contribution in [1.29, 1.82) is 0 Å². The highest BCUT2D eigenvalue weighted by atomic mass is 32.1. The van der Waals surface area contributed by atoms with E-state index >= 15 is 0 Å². The minimum atomic E-state index is -0.970. The Balaban J connectivity index is 1.86. The van der Waals surface area contributed by atoms with Gasteiger partial charge < -0.3 is 19.7 Å². The van der Waals surface area contributed by atoms with E-state index in [1.807, 2.05) is 0 Å². The van der Waals surface area contributed by atoms with E-state index in [0.29, 0.717) is 28.6 Å². The zero-order valence-electron chi connectivity index (χ0n) is 17.6. The fourth-order valence-corrected chi connectivity index (χ4v) is 4.23. The van der Waals surface area contributed by atoms with E-state index in [1.165, 1.54) is 41.7 Å². The Kier molecular flexibility index (Phi) is 6.14. The molecule has 0 bridgehead atoms. The first-order valence-corrected chi connectivity index (χ1v) is 10.8. The number of benzene rings is 2. The van der Waals surface area contributed by atoms with Crippen molar-refractivity contribution < 1.29 is 29.3 Å². The highest BCUT2D eigenvalue weighted by molar-refractivity contribution is 7.14. The number of aromatic nitrogens is 1. The van der Waals surface area contributed by atoms with Gasteiger partial charge in [0.2, 0.25) is 0 Å². The Morgan fingerprint density at radius 2 is 2.00 bits per heavy atom. The predicted molar refractivity (Wildman–Crippen MR) is 124 cm³/mol. The number of carbonyl (C=O) groups is 2. The summed E-state index contributed by atoms with van der Waals surface area (Å²) in [5.74, 6) is -1.35. The number of thiazole rings is 1. The zero-order valence-corrected chi connectivity index (χ0v) is 18.4. The molecule has 9 heteroatoms. The summed E-state index contributed by atoms with van der Waals surface area (Å²) in [6.45, 7) is 3.92. The fraction of sp³-hybridized carbons (Fsp3) is 0.125. The molecule has 168 valence electrons. The molecule has 1 aromatic heterocycles. The molecule has 0 saturated carbocycles. The van der Waals surface area contributed by atoms with Gasteiger partial charge in [-0.05, 0) is 42.0 Å². The monoisotopic (exact) mass is 464 g/mol. The van der Waals surface area contributed by atoms with Crippen molar-refractivity contribution in [2.24, 2.45) is 0 Å². The van der Waals surface area contributed by atoms with Crippen LogP contribution in [0.1, 0.15) is 17.2 Å². The van der Waals surface area contributed by atoms with Crippen LogP contribution < -0.4 is 14.4 Å². The van der Waals surface area contributed by atoms with Gasteiger partial charge in [0.1, 0.15) is 18.1 Å². The van der Waals surface area contributed by atoms with Gasteiger partial charge in [-0.15, -0.1) is 11.3 Å². The molecule has 0 spiro atoms. The van der Waals surface area contributed by atoms with Crippen LogP contribution in [0, 0.1) is 0 Å². The normalized spacial score (nSPS) is 17.2. The molecule has 8 nitrogen and oxygen atoms in total. The van der Waals surface area contributed by atoms with Crippen molar-refractivity contribution in [3.8, 4) is 17.2 Å². The molecule has 33 heavy (non-hydrogen) atoms. The van der Waals surface area contributed by atoms with Crippen LogP contribution in [0.3, 0.4) is 0 Å². The van der Waals surface area contributed by atoms with Gasteiger partial charge in [0, 0.05) is 17.1 Å². The number of hydrogen-bond acceptors (Lipinski definition) is 8. The molecule has 1 amide bonds. The summed E-state index contributed by atoms with van der Waals surface area (Å²) in [5.41, 5.74) is 0.711. The number of ether oxygens (including phenoxy) is 2. The van der Waals surface area contributed by atoms with E-state index in [-0.39, 0.29) is 22.8 Å². The second-order valence-corrected chi connectivity index (χ2v) is 7.91. The van der Waals surface area contributed by atoms with Crippen LogP contribution in [0.25, 0.3) is 5.76 Å². The van der Waals surface area contributed by atoms with Crippen LogP contribution >= 0.6 is 11.3 Å². The lowest BCUT2D eigenvalue weighted by atomic mass is 9.95. The maximum absolute atomic E-state index is 13.1. The van der Waals surface area contributed by atoms with E-state index < -0.39 is 17.7 Å². The smallest absolute Gasteiger partial charge is 0.301 e. The van der Waals surface area contributed by atoms with Crippen molar-refractivity contribution in [1.82, 2.24) is 4.98 Å². The number of amides is 1. The number of carbonyl (C=O) groups excluding carboxylic acids is 2. The lowest BCUT2D eigenvalue weighted by molar-refractivity contribution is -0.132. The van der Waals surface area contributed by atoms with Crippen LogP contribution in [0.2, 0.25) is 0 Å². The number of hydrogen-bond donors (Lipinski definition) is 2. The van der Waals surface area contributed by atoms with Gasteiger partial charge in [-0.3, -0.25) is 14.5 Å². The third-order valence-electron chi connectivity index (χ3n) is 5.08. The van der Waals surface area contributed by atoms with Crippen LogP contribution in [0.5, 0.6) is 17.2 Å². The summed E-state index contributed by atoms with van der Waals surface area (Å²) in [4.78, 5) is 31.5. The standard InChI is InChI=1S/C24H20N2O6S/c1-3-11-32-16-7-4-14(5-8-16)21(28)19-20(15-6-9-17(27)18(13-15)31-2)26(23(30)22(19)29)24-25-10-12-33-24/h3-10,12-13,20,27-28H,1,11H2,2H3. The first-order valence-electron chi connectivity index (χ1n) is 9.87. The number of anilines is 1. The first-order chi connectivity index (χ1) is 16.0. The molecular formula is C24H20N2O6S. The molecule has 1 saturated heterocycles. The fourth-order valence-electron chi connectivity index (χ4n) is 3.56. The van der Waals surface area contributed by atoms with E-state index in [0.717, 1.165) is 0 Å². The van der Waals surface area contributed by atoms with Gasteiger partial charge in [0.25, 0.3) is 5.78 Å². The van der Waals surface area contributed by atoms with Crippen LogP contribution in [0.15, 0.2) is 72.3 Å². The third-order valence-corrected chi connectivity index (χ3v) is 5.86. The SMILES string of the molecule is C=CCOc1ccc(C(O)=C2C(=O)C(=O)N(c3nccs3)C2c2ccc(O)c(OC)c2)cc1. The number of aromatic hydroxyl groups is 1. The van der Waals surface area contributed by atoms with Gasteiger partial charge in [-0.25, -0.2) is 4.98 Å². The van der Waals surface area contributed by atoms with Gasteiger partial charge >= 0.3 is 5.91 Å². The van der Waals surface area contributed by atoms with Crippen molar-refractivity contribution in [2.75, 3.05) is 18.6 Å². The molecule has 4 rings (SSSR count). The Hall–Kier alpha value is -4.11. The quantitative estimate of drug-likeness (QED) is 0.235. The Bertz CT molecular complexity index is 1230. The number of aliphatic hydroxyl groups excluding tert-OH is 1. The van der Waals surface area contributed by atoms with Crippen LogP contribution in [-0.2, 0) is 9.59 Å².